The Morgan fingerprint density at radius 3 is 2.70 bits per heavy atom. The number of guanidine groups is 1. The Balaban J connectivity index is 2.65. The van der Waals surface area contributed by atoms with E-state index in [0.29, 0.717) is 5.76 Å². The Hall–Kier alpha value is -2.69. The minimum atomic E-state index is -4.58. The van der Waals surface area contributed by atoms with E-state index in [9.17, 15) is 13.2 Å². The van der Waals surface area contributed by atoms with E-state index in [4.69, 9.17) is 15.4 Å². The quantitative estimate of drug-likeness (QED) is 0.364. The summed E-state index contributed by atoms with van der Waals surface area (Å²) in [6.07, 6.45) is -3.05. The molecule has 1 heterocycles. The number of nitriles is 1. The number of aliphatic imine (C=N–C) groups is 1. The fraction of sp³-hybridized carbons (Fsp3) is 0.167. The standard InChI is InChI=1S/C12H9F3N4O/c1-6-2-7-3-8(19-11(17)18-5-16)4-9(10(7)20-6)12(13,14)15/h2-4H,1H3,(H3,17,18,19). The van der Waals surface area contributed by atoms with Crippen LogP contribution in [0.2, 0.25) is 0 Å². The van der Waals surface area contributed by atoms with Crippen LogP contribution in [0.4, 0.5) is 18.9 Å². The molecular weight excluding hydrogens is 273 g/mol. The summed E-state index contributed by atoms with van der Waals surface area (Å²) in [4.78, 5) is 3.70. The second-order valence-electron chi connectivity index (χ2n) is 4.00. The highest BCUT2D eigenvalue weighted by molar-refractivity contribution is 5.88. The normalized spacial score (nSPS) is 12.4. The molecule has 2 aromatic rings. The minimum absolute atomic E-state index is 0.0223. The van der Waals surface area contributed by atoms with Crippen LogP contribution in [0.15, 0.2) is 27.6 Å². The van der Waals surface area contributed by atoms with Crippen molar-refractivity contribution in [3.05, 3.63) is 29.5 Å². The van der Waals surface area contributed by atoms with Crippen LogP contribution in [0.25, 0.3) is 11.0 Å². The number of benzene rings is 1. The SMILES string of the molecule is Cc1cc2cc(N=C(N)NC#N)cc(C(F)(F)F)c2o1. The van der Waals surface area contributed by atoms with E-state index in [-0.39, 0.29) is 22.6 Å². The first-order chi connectivity index (χ1) is 9.31. The van der Waals surface area contributed by atoms with Crippen molar-refractivity contribution >= 4 is 22.6 Å². The van der Waals surface area contributed by atoms with Gasteiger partial charge in [-0.05, 0) is 25.1 Å². The fourth-order valence-corrected chi connectivity index (χ4v) is 1.77. The lowest BCUT2D eigenvalue weighted by Gasteiger charge is -2.08. The van der Waals surface area contributed by atoms with Crippen molar-refractivity contribution in [2.75, 3.05) is 0 Å². The largest absolute Gasteiger partial charge is 0.461 e. The molecule has 8 heteroatoms. The molecule has 0 atom stereocenters. The van der Waals surface area contributed by atoms with Crippen molar-refractivity contribution in [3.8, 4) is 6.19 Å². The third-order valence-corrected chi connectivity index (χ3v) is 2.46. The van der Waals surface area contributed by atoms with E-state index >= 15 is 0 Å². The zero-order valence-corrected chi connectivity index (χ0v) is 10.2. The highest BCUT2D eigenvalue weighted by atomic mass is 19.4. The van der Waals surface area contributed by atoms with Crippen molar-refractivity contribution in [2.45, 2.75) is 13.1 Å². The van der Waals surface area contributed by atoms with E-state index in [0.717, 1.165) is 6.07 Å². The first-order valence-corrected chi connectivity index (χ1v) is 5.42. The molecule has 0 bridgehead atoms. The van der Waals surface area contributed by atoms with E-state index in [2.05, 4.69) is 4.99 Å². The maximum atomic E-state index is 13.0. The van der Waals surface area contributed by atoms with Crippen LogP contribution in [0.1, 0.15) is 11.3 Å². The fourth-order valence-electron chi connectivity index (χ4n) is 1.77. The number of nitrogens with two attached hydrogens (primary N) is 1. The number of hydrogen-bond donors (Lipinski definition) is 2. The lowest BCUT2D eigenvalue weighted by molar-refractivity contribution is -0.136. The minimum Gasteiger partial charge on any atom is -0.461 e. The van der Waals surface area contributed by atoms with Gasteiger partial charge in [-0.3, -0.25) is 5.32 Å². The number of rotatable bonds is 1. The number of halogens is 3. The van der Waals surface area contributed by atoms with Crippen molar-refractivity contribution in [2.24, 2.45) is 10.7 Å². The molecule has 0 saturated heterocycles. The van der Waals surface area contributed by atoms with Crippen molar-refractivity contribution < 1.29 is 17.6 Å². The maximum absolute atomic E-state index is 13.0. The van der Waals surface area contributed by atoms with Gasteiger partial charge in [0, 0.05) is 5.39 Å². The van der Waals surface area contributed by atoms with Crippen LogP contribution >= 0.6 is 0 Å². The second-order valence-corrected chi connectivity index (χ2v) is 4.00. The van der Waals surface area contributed by atoms with Gasteiger partial charge >= 0.3 is 6.18 Å². The zero-order valence-electron chi connectivity index (χ0n) is 10.2. The predicted molar refractivity (Wildman–Crippen MR) is 66.0 cm³/mol. The van der Waals surface area contributed by atoms with Gasteiger partial charge in [0.2, 0.25) is 5.96 Å². The highest BCUT2D eigenvalue weighted by Crippen LogP contribution is 2.38. The number of aryl methyl sites for hydroxylation is 1. The molecule has 1 aromatic heterocycles. The van der Waals surface area contributed by atoms with Gasteiger partial charge in [-0.2, -0.15) is 18.4 Å². The third-order valence-electron chi connectivity index (χ3n) is 2.46. The topological polar surface area (TPSA) is 87.3 Å². The van der Waals surface area contributed by atoms with E-state index in [1.807, 2.05) is 5.32 Å². The molecule has 0 spiro atoms. The third kappa shape index (κ3) is 2.66. The number of alkyl halides is 3. The van der Waals surface area contributed by atoms with Crippen molar-refractivity contribution in [1.82, 2.24) is 5.32 Å². The summed E-state index contributed by atoms with van der Waals surface area (Å²) in [6, 6.07) is 3.68. The smallest absolute Gasteiger partial charge is 0.420 e. The Morgan fingerprint density at radius 2 is 2.10 bits per heavy atom. The highest BCUT2D eigenvalue weighted by Gasteiger charge is 2.35. The summed E-state index contributed by atoms with van der Waals surface area (Å²) in [6.45, 7) is 1.55. The van der Waals surface area contributed by atoms with Gasteiger partial charge in [0.25, 0.3) is 0 Å². The summed E-state index contributed by atoms with van der Waals surface area (Å²) in [5.41, 5.74) is 4.13. The van der Waals surface area contributed by atoms with E-state index in [1.54, 1.807) is 6.92 Å². The molecule has 1 aromatic carbocycles. The molecule has 3 N–H and O–H groups in total. The molecule has 0 aliphatic heterocycles. The molecule has 104 valence electrons. The Labute approximate surface area is 111 Å². The summed E-state index contributed by atoms with van der Waals surface area (Å²) in [5.74, 6) is 0.0648. The molecule has 0 saturated carbocycles. The van der Waals surface area contributed by atoms with Gasteiger partial charge in [-0.15, -0.1) is 0 Å². The number of fused-ring (bicyclic) bond motifs is 1. The number of furan rings is 1. The maximum Gasteiger partial charge on any atom is 0.420 e. The Bertz CT molecular complexity index is 725. The van der Waals surface area contributed by atoms with Gasteiger partial charge in [0.15, 0.2) is 6.19 Å². The van der Waals surface area contributed by atoms with Gasteiger partial charge < -0.3 is 10.2 Å². The van der Waals surface area contributed by atoms with Crippen LogP contribution in [-0.4, -0.2) is 5.96 Å². The van der Waals surface area contributed by atoms with Crippen LogP contribution in [0.3, 0.4) is 0 Å². The summed E-state index contributed by atoms with van der Waals surface area (Å²) >= 11 is 0. The van der Waals surface area contributed by atoms with Gasteiger partial charge in [-0.1, -0.05) is 0 Å². The molecule has 0 amide bonds. The molecule has 0 fully saturated rings. The van der Waals surface area contributed by atoms with E-state index in [1.165, 1.54) is 18.3 Å². The molecule has 5 nitrogen and oxygen atoms in total. The van der Waals surface area contributed by atoms with Gasteiger partial charge in [0.1, 0.15) is 16.9 Å². The Kier molecular flexibility index (Phi) is 3.28. The number of nitrogens with zero attached hydrogens (tertiary/aromatic N) is 2. The van der Waals surface area contributed by atoms with Crippen LogP contribution in [0, 0.1) is 18.4 Å². The van der Waals surface area contributed by atoms with Crippen LogP contribution < -0.4 is 11.1 Å². The zero-order chi connectivity index (χ0) is 14.9. The first-order valence-electron chi connectivity index (χ1n) is 5.42. The molecule has 0 aliphatic rings. The van der Waals surface area contributed by atoms with Gasteiger partial charge in [-0.25, -0.2) is 4.99 Å². The number of nitrogens with one attached hydrogen (secondary N) is 1. The average Bonchev–Trinajstić information content (AvgIpc) is 2.66. The monoisotopic (exact) mass is 282 g/mol. The molecule has 0 aliphatic carbocycles. The Morgan fingerprint density at radius 1 is 1.40 bits per heavy atom. The predicted octanol–water partition coefficient (Wildman–Crippen LogP) is 2.78. The van der Waals surface area contributed by atoms with Crippen molar-refractivity contribution in [1.29, 1.82) is 5.26 Å². The summed E-state index contributed by atoms with van der Waals surface area (Å²) < 4.78 is 44.0. The first kappa shape index (κ1) is 13.7. The van der Waals surface area contributed by atoms with Gasteiger partial charge in [0.05, 0.1) is 5.69 Å². The average molecular weight is 282 g/mol. The summed E-state index contributed by atoms with van der Waals surface area (Å²) in [5, 5.41) is 10.7. The molecule has 20 heavy (non-hydrogen) atoms. The second kappa shape index (κ2) is 4.77. The van der Waals surface area contributed by atoms with Crippen LogP contribution in [0.5, 0.6) is 0 Å². The lowest BCUT2D eigenvalue weighted by Crippen LogP contribution is -2.26. The molecular formula is C12H9F3N4O. The van der Waals surface area contributed by atoms with Crippen molar-refractivity contribution in [3.63, 3.8) is 0 Å². The molecule has 2 rings (SSSR count). The number of hydrogen-bond acceptors (Lipinski definition) is 3. The summed E-state index contributed by atoms with van der Waals surface area (Å²) in [7, 11) is 0. The van der Waals surface area contributed by atoms with Crippen LogP contribution in [-0.2, 0) is 6.18 Å². The van der Waals surface area contributed by atoms with E-state index < -0.39 is 11.7 Å². The lowest BCUT2D eigenvalue weighted by atomic mass is 10.1. The molecule has 0 radical (unpaired) electrons. The molecule has 0 unspecified atom stereocenters.